The van der Waals surface area contributed by atoms with E-state index in [-0.39, 0.29) is 30.8 Å². The van der Waals surface area contributed by atoms with Crippen LogP contribution in [-0.4, -0.2) is 39.7 Å². The predicted molar refractivity (Wildman–Crippen MR) is 83.4 cm³/mol. The lowest BCUT2D eigenvalue weighted by Gasteiger charge is -2.05. The van der Waals surface area contributed by atoms with Crippen molar-refractivity contribution < 1.29 is 24.0 Å². The molecule has 2 aromatic rings. The van der Waals surface area contributed by atoms with E-state index in [4.69, 9.17) is 14.4 Å². The average molecular weight is 334 g/mol. The summed E-state index contributed by atoms with van der Waals surface area (Å²) < 4.78 is 10.3. The number of amides is 2. The van der Waals surface area contributed by atoms with Gasteiger partial charge in [0.05, 0.1) is 6.10 Å². The van der Waals surface area contributed by atoms with E-state index in [2.05, 4.69) is 20.8 Å². The standard InChI is InChI=1S/C15H18N4O5/c1-9(20)7-16-14(22)15-18-13(19-24-15)8-23-12-5-3-11(4-6-12)17-10(2)21/h3-6,9,20H,7-8H2,1-2H3,(H,16,22)(H,17,21)/t9-/m0/s1. The number of benzene rings is 1. The Kier molecular flexibility index (Phi) is 5.85. The number of aliphatic hydroxyl groups excluding tert-OH is 1. The lowest BCUT2D eigenvalue weighted by molar-refractivity contribution is -0.114. The molecule has 1 aromatic heterocycles. The van der Waals surface area contributed by atoms with Crippen LogP contribution in [0.5, 0.6) is 5.75 Å². The fourth-order valence-corrected chi connectivity index (χ4v) is 1.71. The van der Waals surface area contributed by atoms with Crippen LogP contribution in [0.2, 0.25) is 0 Å². The quantitative estimate of drug-likeness (QED) is 0.681. The van der Waals surface area contributed by atoms with Crippen LogP contribution in [0, 0.1) is 0 Å². The van der Waals surface area contributed by atoms with Crippen LogP contribution in [0.1, 0.15) is 30.4 Å². The fourth-order valence-electron chi connectivity index (χ4n) is 1.71. The largest absolute Gasteiger partial charge is 0.485 e. The summed E-state index contributed by atoms with van der Waals surface area (Å²) in [6, 6.07) is 6.76. The fraction of sp³-hybridized carbons (Fsp3) is 0.333. The molecule has 1 atom stereocenters. The first-order chi connectivity index (χ1) is 11.4. The van der Waals surface area contributed by atoms with Gasteiger partial charge in [0.1, 0.15) is 5.75 Å². The van der Waals surface area contributed by atoms with Crippen molar-refractivity contribution in [3.05, 3.63) is 36.0 Å². The number of aromatic nitrogens is 2. The molecule has 24 heavy (non-hydrogen) atoms. The van der Waals surface area contributed by atoms with Crippen molar-refractivity contribution in [3.8, 4) is 5.75 Å². The highest BCUT2D eigenvalue weighted by molar-refractivity contribution is 5.89. The molecule has 0 unspecified atom stereocenters. The Hall–Kier alpha value is -2.94. The number of rotatable bonds is 7. The molecule has 1 aromatic carbocycles. The van der Waals surface area contributed by atoms with E-state index >= 15 is 0 Å². The van der Waals surface area contributed by atoms with Crippen molar-refractivity contribution in [2.75, 3.05) is 11.9 Å². The van der Waals surface area contributed by atoms with Gasteiger partial charge in [-0.05, 0) is 31.2 Å². The Morgan fingerprint density at radius 1 is 1.33 bits per heavy atom. The highest BCUT2D eigenvalue weighted by atomic mass is 16.5. The Morgan fingerprint density at radius 3 is 2.67 bits per heavy atom. The minimum atomic E-state index is -0.667. The van der Waals surface area contributed by atoms with Gasteiger partial charge in [-0.25, -0.2) is 0 Å². The molecule has 0 fully saturated rings. The maximum absolute atomic E-state index is 11.7. The lowest BCUT2D eigenvalue weighted by atomic mass is 10.3. The number of ether oxygens (including phenoxy) is 1. The van der Waals surface area contributed by atoms with E-state index < -0.39 is 12.0 Å². The molecule has 0 saturated heterocycles. The highest BCUT2D eigenvalue weighted by Gasteiger charge is 2.15. The summed E-state index contributed by atoms with van der Waals surface area (Å²) in [6.07, 6.45) is -0.667. The van der Waals surface area contributed by atoms with Gasteiger partial charge in [-0.3, -0.25) is 9.59 Å². The minimum absolute atomic E-state index is 0.0205. The molecule has 0 aliphatic rings. The molecule has 128 valence electrons. The predicted octanol–water partition coefficient (Wildman–Crippen LogP) is 0.718. The van der Waals surface area contributed by atoms with Crippen molar-refractivity contribution >= 4 is 17.5 Å². The summed E-state index contributed by atoms with van der Waals surface area (Å²) in [5.41, 5.74) is 0.659. The summed E-state index contributed by atoms with van der Waals surface area (Å²) in [5.74, 6) is -0.154. The zero-order valence-electron chi connectivity index (χ0n) is 13.3. The second kappa shape index (κ2) is 8.06. The number of nitrogens with zero attached hydrogens (tertiary/aromatic N) is 2. The van der Waals surface area contributed by atoms with Crippen molar-refractivity contribution in [1.29, 1.82) is 0 Å². The van der Waals surface area contributed by atoms with Crippen LogP contribution in [0.15, 0.2) is 28.8 Å². The van der Waals surface area contributed by atoms with E-state index in [0.717, 1.165) is 0 Å². The molecule has 0 spiro atoms. The average Bonchev–Trinajstić information content (AvgIpc) is 3.00. The summed E-state index contributed by atoms with van der Waals surface area (Å²) in [7, 11) is 0. The topological polar surface area (TPSA) is 127 Å². The minimum Gasteiger partial charge on any atom is -0.485 e. The molecule has 2 rings (SSSR count). The van der Waals surface area contributed by atoms with Gasteiger partial charge < -0.3 is 25.0 Å². The summed E-state index contributed by atoms with van der Waals surface area (Å²) >= 11 is 0. The van der Waals surface area contributed by atoms with E-state index in [1.54, 1.807) is 31.2 Å². The Balaban J connectivity index is 1.86. The number of anilines is 1. The third kappa shape index (κ3) is 5.36. The number of carbonyl (C=O) groups excluding carboxylic acids is 2. The first-order valence-electron chi connectivity index (χ1n) is 7.23. The van der Waals surface area contributed by atoms with Gasteiger partial charge in [-0.1, -0.05) is 5.16 Å². The first kappa shape index (κ1) is 17.4. The van der Waals surface area contributed by atoms with Gasteiger partial charge in [-0.15, -0.1) is 0 Å². The van der Waals surface area contributed by atoms with Crippen molar-refractivity contribution in [3.63, 3.8) is 0 Å². The molecular formula is C15H18N4O5. The zero-order valence-corrected chi connectivity index (χ0v) is 13.3. The third-order valence-electron chi connectivity index (χ3n) is 2.76. The lowest BCUT2D eigenvalue weighted by Crippen LogP contribution is -2.30. The number of nitrogens with one attached hydrogen (secondary N) is 2. The summed E-state index contributed by atoms with van der Waals surface area (Å²) in [6.45, 7) is 3.08. The maximum Gasteiger partial charge on any atom is 0.316 e. The second-order valence-corrected chi connectivity index (χ2v) is 5.07. The van der Waals surface area contributed by atoms with Crippen LogP contribution in [0.4, 0.5) is 5.69 Å². The molecule has 0 bridgehead atoms. The van der Waals surface area contributed by atoms with Gasteiger partial charge in [-0.2, -0.15) is 4.98 Å². The molecule has 2 amide bonds. The number of hydrogen-bond acceptors (Lipinski definition) is 7. The highest BCUT2D eigenvalue weighted by Crippen LogP contribution is 2.16. The van der Waals surface area contributed by atoms with Crippen LogP contribution >= 0.6 is 0 Å². The summed E-state index contributed by atoms with van der Waals surface area (Å²) in [5, 5.41) is 17.8. The van der Waals surface area contributed by atoms with Gasteiger partial charge >= 0.3 is 11.8 Å². The SMILES string of the molecule is CC(=O)Nc1ccc(OCc2noc(C(=O)NC[C@H](C)O)n2)cc1. The number of carbonyl (C=O) groups is 2. The first-order valence-corrected chi connectivity index (χ1v) is 7.23. The van der Waals surface area contributed by atoms with Crippen molar-refractivity contribution in [2.45, 2.75) is 26.6 Å². The number of aliphatic hydroxyl groups is 1. The molecule has 0 saturated carbocycles. The molecule has 9 heteroatoms. The Bertz CT molecular complexity index is 696. The van der Waals surface area contributed by atoms with Crippen LogP contribution in [0.25, 0.3) is 0 Å². The van der Waals surface area contributed by atoms with Crippen molar-refractivity contribution in [2.24, 2.45) is 0 Å². The maximum atomic E-state index is 11.7. The Labute approximate surface area is 138 Å². The molecule has 9 nitrogen and oxygen atoms in total. The van der Waals surface area contributed by atoms with Gasteiger partial charge in [0.2, 0.25) is 11.7 Å². The second-order valence-electron chi connectivity index (χ2n) is 5.07. The van der Waals surface area contributed by atoms with Gasteiger partial charge in [0.25, 0.3) is 0 Å². The number of hydrogen-bond donors (Lipinski definition) is 3. The molecule has 1 heterocycles. The van der Waals surface area contributed by atoms with E-state index in [1.807, 2.05) is 0 Å². The molecule has 0 aliphatic heterocycles. The van der Waals surface area contributed by atoms with E-state index in [0.29, 0.717) is 11.4 Å². The smallest absolute Gasteiger partial charge is 0.316 e. The van der Waals surface area contributed by atoms with Crippen LogP contribution < -0.4 is 15.4 Å². The normalized spacial score (nSPS) is 11.6. The van der Waals surface area contributed by atoms with Gasteiger partial charge in [0, 0.05) is 19.2 Å². The van der Waals surface area contributed by atoms with Crippen LogP contribution in [0.3, 0.4) is 0 Å². The van der Waals surface area contributed by atoms with Crippen LogP contribution in [-0.2, 0) is 11.4 Å². The Morgan fingerprint density at radius 2 is 2.04 bits per heavy atom. The monoisotopic (exact) mass is 334 g/mol. The molecule has 3 N–H and O–H groups in total. The molecular weight excluding hydrogens is 316 g/mol. The molecule has 0 radical (unpaired) electrons. The third-order valence-corrected chi connectivity index (χ3v) is 2.76. The van der Waals surface area contributed by atoms with E-state index in [1.165, 1.54) is 6.92 Å². The van der Waals surface area contributed by atoms with Gasteiger partial charge in [0.15, 0.2) is 6.61 Å². The molecule has 0 aliphatic carbocycles. The van der Waals surface area contributed by atoms with Crippen molar-refractivity contribution in [1.82, 2.24) is 15.5 Å². The zero-order chi connectivity index (χ0) is 17.5. The summed E-state index contributed by atoms with van der Waals surface area (Å²) in [4.78, 5) is 26.5. The van der Waals surface area contributed by atoms with E-state index in [9.17, 15) is 9.59 Å².